The van der Waals surface area contributed by atoms with E-state index in [9.17, 15) is 0 Å². The molecular weight excluding hydrogens is 499 g/mol. The Bertz CT molecular complexity index is 1370. The van der Waals surface area contributed by atoms with Crippen molar-refractivity contribution in [3.63, 3.8) is 0 Å². The molecule has 0 atom stereocenters. The number of nitrogens with zero attached hydrogens (tertiary/aromatic N) is 4. The minimum absolute atomic E-state index is 0.446. The lowest BCUT2D eigenvalue weighted by atomic mass is 10.0. The molecule has 0 aliphatic carbocycles. The van der Waals surface area contributed by atoms with E-state index in [0.717, 1.165) is 22.3 Å². The Morgan fingerprint density at radius 2 is 1.68 bits per heavy atom. The lowest BCUT2D eigenvalue weighted by Gasteiger charge is -2.28. The van der Waals surface area contributed by atoms with E-state index in [1.54, 1.807) is 32.7 Å². The number of rotatable bonds is 5. The average Bonchev–Trinajstić information content (AvgIpc) is 3.16. The monoisotopic (exact) mass is 518 g/mol. The number of morpholine rings is 1. The third-order valence-corrected chi connectivity index (χ3v) is 6.70. The van der Waals surface area contributed by atoms with E-state index < -0.39 is 0 Å². The summed E-state index contributed by atoms with van der Waals surface area (Å²) in [5.74, 6) is 1.99. The third-order valence-electron chi connectivity index (χ3n) is 5.81. The van der Waals surface area contributed by atoms with Crippen molar-refractivity contribution in [3.05, 3.63) is 57.9 Å². The molecule has 7 nitrogen and oxygen atoms in total. The van der Waals surface area contributed by atoms with Crippen LogP contribution < -0.4 is 14.4 Å². The predicted molar refractivity (Wildman–Crippen MR) is 135 cm³/mol. The summed E-state index contributed by atoms with van der Waals surface area (Å²) in [7, 11) is 3.20. The smallest absolute Gasteiger partial charge is 0.161 e. The summed E-state index contributed by atoms with van der Waals surface area (Å²) < 4.78 is 18.4. The van der Waals surface area contributed by atoms with Gasteiger partial charge in [-0.25, -0.2) is 9.97 Å². The fourth-order valence-corrected chi connectivity index (χ4v) is 5.09. The van der Waals surface area contributed by atoms with Crippen LogP contribution in [0.15, 0.2) is 42.7 Å². The third kappa shape index (κ3) is 3.92. The van der Waals surface area contributed by atoms with Crippen LogP contribution in [0.5, 0.6) is 11.5 Å². The molecule has 1 aliphatic rings. The molecule has 0 unspecified atom stereocenters. The van der Waals surface area contributed by atoms with Crippen LogP contribution in [-0.2, 0) is 4.74 Å². The molecule has 0 N–H and O–H groups in total. The topological polar surface area (TPSA) is 61.6 Å². The number of benzene rings is 2. The van der Waals surface area contributed by atoms with E-state index in [-0.39, 0.29) is 0 Å². The van der Waals surface area contributed by atoms with Crippen molar-refractivity contribution in [1.29, 1.82) is 0 Å². The van der Waals surface area contributed by atoms with Crippen LogP contribution in [0.2, 0.25) is 15.2 Å². The van der Waals surface area contributed by atoms with Crippen LogP contribution in [0.3, 0.4) is 0 Å². The molecule has 0 bridgehead atoms. The molecule has 0 saturated carbocycles. The molecule has 34 heavy (non-hydrogen) atoms. The van der Waals surface area contributed by atoms with Gasteiger partial charge in [0.1, 0.15) is 17.3 Å². The van der Waals surface area contributed by atoms with Crippen LogP contribution in [0, 0.1) is 0 Å². The van der Waals surface area contributed by atoms with E-state index >= 15 is 0 Å². The zero-order valence-corrected chi connectivity index (χ0v) is 20.8. The van der Waals surface area contributed by atoms with Crippen molar-refractivity contribution < 1.29 is 14.2 Å². The summed E-state index contributed by atoms with van der Waals surface area (Å²) >= 11 is 19.9. The Hall–Kier alpha value is -2.71. The molecular formula is C24H21Cl3N4O3. The van der Waals surface area contributed by atoms with Gasteiger partial charge in [0.25, 0.3) is 0 Å². The first-order valence-electron chi connectivity index (χ1n) is 10.6. The summed E-state index contributed by atoms with van der Waals surface area (Å²) in [6.45, 7) is 2.66. The Labute approximate surface area is 211 Å². The summed E-state index contributed by atoms with van der Waals surface area (Å²) in [4.78, 5) is 11.5. The molecule has 10 heteroatoms. The highest BCUT2D eigenvalue weighted by Crippen LogP contribution is 2.45. The van der Waals surface area contributed by atoms with Crippen LogP contribution in [0.25, 0.3) is 27.8 Å². The van der Waals surface area contributed by atoms with Crippen molar-refractivity contribution in [2.45, 2.75) is 0 Å². The largest absolute Gasteiger partial charge is 0.493 e. The second kappa shape index (κ2) is 9.50. The van der Waals surface area contributed by atoms with Gasteiger partial charge in [0.15, 0.2) is 17.1 Å². The van der Waals surface area contributed by atoms with E-state index in [2.05, 4.69) is 14.9 Å². The van der Waals surface area contributed by atoms with Crippen LogP contribution in [0.1, 0.15) is 0 Å². The van der Waals surface area contributed by atoms with E-state index in [4.69, 9.17) is 49.0 Å². The van der Waals surface area contributed by atoms with Crippen molar-refractivity contribution in [2.75, 3.05) is 45.4 Å². The van der Waals surface area contributed by atoms with Gasteiger partial charge in [-0.3, -0.25) is 4.57 Å². The van der Waals surface area contributed by atoms with Gasteiger partial charge in [-0.1, -0.05) is 40.9 Å². The van der Waals surface area contributed by atoms with Gasteiger partial charge in [0.2, 0.25) is 0 Å². The molecule has 1 saturated heterocycles. The molecule has 0 radical (unpaired) electrons. The van der Waals surface area contributed by atoms with E-state index in [1.807, 2.05) is 28.8 Å². The van der Waals surface area contributed by atoms with Crippen LogP contribution in [-0.4, -0.2) is 55.1 Å². The maximum absolute atomic E-state index is 7.10. The first kappa shape index (κ1) is 23.1. The number of hydrogen-bond acceptors (Lipinski definition) is 6. The van der Waals surface area contributed by atoms with E-state index in [0.29, 0.717) is 64.3 Å². The quantitative estimate of drug-likeness (QED) is 0.327. The maximum Gasteiger partial charge on any atom is 0.161 e. The van der Waals surface area contributed by atoms with Gasteiger partial charge in [-0.05, 0) is 35.9 Å². The second-order valence-electron chi connectivity index (χ2n) is 7.66. The molecule has 176 valence electrons. The molecule has 1 aliphatic heterocycles. The Balaban J connectivity index is 1.84. The van der Waals surface area contributed by atoms with Crippen molar-refractivity contribution in [3.8, 4) is 28.3 Å². The van der Waals surface area contributed by atoms with Gasteiger partial charge in [0.05, 0.1) is 43.5 Å². The predicted octanol–water partition coefficient (Wildman–Crippen LogP) is 5.90. The Kier molecular flexibility index (Phi) is 6.44. The number of methoxy groups -OCH3 is 2. The highest BCUT2D eigenvalue weighted by molar-refractivity contribution is 6.37. The summed E-state index contributed by atoms with van der Waals surface area (Å²) in [5, 5.41) is 2.25. The summed E-state index contributed by atoms with van der Waals surface area (Å²) in [5.41, 5.74) is 2.90. The molecule has 2 aromatic carbocycles. The van der Waals surface area contributed by atoms with Gasteiger partial charge in [-0.15, -0.1) is 0 Å². The number of aromatic nitrogens is 3. The zero-order valence-electron chi connectivity index (χ0n) is 18.5. The highest BCUT2D eigenvalue weighted by Gasteiger charge is 2.27. The van der Waals surface area contributed by atoms with E-state index in [1.165, 1.54) is 0 Å². The minimum atomic E-state index is 0.446. The fraction of sp³-hybridized carbons (Fsp3) is 0.250. The second-order valence-corrected chi connectivity index (χ2v) is 8.86. The number of hydrogen-bond donors (Lipinski definition) is 0. The standard InChI is InChI=1S/C24H21Cl3N4O3/c1-32-18-6-3-14(11-19(18)33-2)20-21-23(30-7-9-34-10-8-30)28-13-29-24(21)31(22(20)27)17-5-4-15(25)12-16(17)26/h3-6,11-13H,7-10H2,1-2H3. The SMILES string of the molecule is COc1ccc(-c2c(Cl)n(-c3ccc(Cl)cc3Cl)c3ncnc(N4CCOCC4)c23)cc1OC. The fourth-order valence-electron chi connectivity index (χ4n) is 4.22. The number of ether oxygens (including phenoxy) is 3. The zero-order chi connectivity index (χ0) is 23.8. The lowest BCUT2D eigenvalue weighted by molar-refractivity contribution is 0.122. The molecule has 0 spiro atoms. The van der Waals surface area contributed by atoms with Crippen LogP contribution in [0.4, 0.5) is 5.82 Å². The normalized spacial score (nSPS) is 14.0. The first-order valence-corrected chi connectivity index (χ1v) is 11.7. The first-order chi connectivity index (χ1) is 16.5. The molecule has 2 aromatic heterocycles. The maximum atomic E-state index is 7.10. The summed E-state index contributed by atoms with van der Waals surface area (Å²) in [6.07, 6.45) is 1.54. The molecule has 5 rings (SSSR count). The van der Waals surface area contributed by atoms with Crippen molar-refractivity contribution in [1.82, 2.24) is 14.5 Å². The number of anilines is 1. The van der Waals surface area contributed by atoms with Gasteiger partial charge in [0, 0.05) is 23.7 Å². The Morgan fingerprint density at radius 3 is 2.38 bits per heavy atom. The molecule has 0 amide bonds. The van der Waals surface area contributed by atoms with Crippen molar-refractivity contribution >= 4 is 51.7 Å². The lowest BCUT2D eigenvalue weighted by Crippen LogP contribution is -2.36. The number of fused-ring (bicyclic) bond motifs is 1. The number of halogens is 3. The van der Waals surface area contributed by atoms with Gasteiger partial charge >= 0.3 is 0 Å². The molecule has 4 aromatic rings. The minimum Gasteiger partial charge on any atom is -0.493 e. The molecule has 3 heterocycles. The van der Waals surface area contributed by atoms with Gasteiger partial charge in [-0.2, -0.15) is 0 Å². The van der Waals surface area contributed by atoms with Crippen molar-refractivity contribution in [2.24, 2.45) is 0 Å². The molecule has 1 fully saturated rings. The highest BCUT2D eigenvalue weighted by atomic mass is 35.5. The van der Waals surface area contributed by atoms with Crippen LogP contribution >= 0.6 is 34.8 Å². The average molecular weight is 520 g/mol. The van der Waals surface area contributed by atoms with Gasteiger partial charge < -0.3 is 19.1 Å². The summed E-state index contributed by atoms with van der Waals surface area (Å²) in [6, 6.07) is 11.0. The Morgan fingerprint density at radius 1 is 0.912 bits per heavy atom.